The van der Waals surface area contributed by atoms with Gasteiger partial charge in [-0.3, -0.25) is 4.99 Å². The van der Waals surface area contributed by atoms with E-state index in [4.69, 9.17) is 0 Å². The summed E-state index contributed by atoms with van der Waals surface area (Å²) in [6, 6.07) is 2.05. The summed E-state index contributed by atoms with van der Waals surface area (Å²) < 4.78 is 3.09. The predicted molar refractivity (Wildman–Crippen MR) is 100 cm³/mol. The van der Waals surface area contributed by atoms with Gasteiger partial charge >= 0.3 is 0 Å². The molecule has 4 heterocycles. The Kier molecular flexibility index (Phi) is 5.28. The van der Waals surface area contributed by atoms with Crippen molar-refractivity contribution in [2.75, 3.05) is 0 Å². The number of aliphatic imine (C=N–C) groups is 1. The molecule has 0 bridgehead atoms. The van der Waals surface area contributed by atoms with Crippen molar-refractivity contribution < 1.29 is 0 Å². The van der Waals surface area contributed by atoms with Crippen LogP contribution in [0.3, 0.4) is 0 Å². The standard InChI is InChI=1S/C10H8N4S.C8H11N/c1-14-4-3-11-10(14)9-7-2-5-15-8(7)6-12-13-9;1-2-8-6-4-3-5-7-9-8/h2-6H,1H3;3-5,7H,2,6H2,1H3. The molecule has 4 rings (SSSR count). The highest BCUT2D eigenvalue weighted by molar-refractivity contribution is 7.17. The molecular formula is C18H19N5S. The van der Waals surface area contributed by atoms with Gasteiger partial charge in [-0.15, -0.1) is 16.4 Å². The van der Waals surface area contributed by atoms with E-state index in [0.29, 0.717) is 0 Å². The van der Waals surface area contributed by atoms with Crippen LogP contribution < -0.4 is 0 Å². The summed E-state index contributed by atoms with van der Waals surface area (Å²) in [6.07, 6.45) is 15.5. The summed E-state index contributed by atoms with van der Waals surface area (Å²) in [4.78, 5) is 8.50. The minimum Gasteiger partial charge on any atom is -0.333 e. The third-order valence-electron chi connectivity index (χ3n) is 3.67. The number of fused-ring (bicyclic) bond motifs is 1. The molecule has 122 valence electrons. The first kappa shape index (κ1) is 16.3. The fraction of sp³-hybridized carbons (Fsp3) is 0.222. The van der Waals surface area contributed by atoms with E-state index in [0.717, 1.165) is 34.4 Å². The summed E-state index contributed by atoms with van der Waals surface area (Å²) in [5.74, 6) is 0.853. The van der Waals surface area contributed by atoms with E-state index in [1.807, 2.05) is 41.5 Å². The Morgan fingerprint density at radius 3 is 3.00 bits per heavy atom. The third kappa shape index (κ3) is 3.65. The van der Waals surface area contributed by atoms with Gasteiger partial charge in [0.25, 0.3) is 0 Å². The molecule has 24 heavy (non-hydrogen) atoms. The quantitative estimate of drug-likeness (QED) is 0.696. The molecule has 0 N–H and O–H groups in total. The highest BCUT2D eigenvalue weighted by Crippen LogP contribution is 2.27. The van der Waals surface area contributed by atoms with Crippen LogP contribution in [0.2, 0.25) is 0 Å². The Labute approximate surface area is 145 Å². The number of nitrogens with zero attached hydrogens (tertiary/aromatic N) is 5. The molecule has 5 nitrogen and oxygen atoms in total. The number of hydrogen-bond donors (Lipinski definition) is 0. The zero-order valence-corrected chi connectivity index (χ0v) is 14.6. The van der Waals surface area contributed by atoms with Crippen molar-refractivity contribution in [3.8, 4) is 11.5 Å². The van der Waals surface area contributed by atoms with E-state index in [1.165, 1.54) is 5.71 Å². The molecule has 0 unspecified atom stereocenters. The normalized spacial score (nSPS) is 13.3. The smallest absolute Gasteiger partial charge is 0.160 e. The van der Waals surface area contributed by atoms with E-state index < -0.39 is 0 Å². The van der Waals surface area contributed by atoms with Crippen molar-refractivity contribution in [1.29, 1.82) is 0 Å². The SMILES string of the molecule is CCC1=NC=CC=CC1.Cn1ccnc1-c1nncc2sccc12. The van der Waals surface area contributed by atoms with Gasteiger partial charge in [-0.25, -0.2) is 4.98 Å². The average Bonchev–Trinajstić information content (AvgIpc) is 3.17. The lowest BCUT2D eigenvalue weighted by Crippen LogP contribution is -1.95. The van der Waals surface area contributed by atoms with Crippen LogP contribution in [-0.4, -0.2) is 25.5 Å². The second-order valence-electron chi connectivity index (χ2n) is 5.28. The van der Waals surface area contributed by atoms with E-state index in [1.54, 1.807) is 23.7 Å². The van der Waals surface area contributed by atoms with Crippen molar-refractivity contribution in [1.82, 2.24) is 19.7 Å². The van der Waals surface area contributed by atoms with Gasteiger partial charge in [-0.2, -0.15) is 5.10 Å². The summed E-state index contributed by atoms with van der Waals surface area (Å²) in [5, 5.41) is 11.3. The van der Waals surface area contributed by atoms with Crippen molar-refractivity contribution in [3.05, 3.63) is 54.5 Å². The number of rotatable bonds is 2. The molecule has 0 aliphatic carbocycles. The largest absolute Gasteiger partial charge is 0.333 e. The van der Waals surface area contributed by atoms with Gasteiger partial charge < -0.3 is 4.57 Å². The lowest BCUT2D eigenvalue weighted by molar-refractivity contribution is 0.908. The number of aryl methyl sites for hydroxylation is 1. The number of aromatic nitrogens is 4. The summed E-state index contributed by atoms with van der Waals surface area (Å²) >= 11 is 1.67. The first-order chi connectivity index (χ1) is 11.8. The molecule has 0 spiro atoms. The lowest BCUT2D eigenvalue weighted by atomic mass is 10.2. The maximum Gasteiger partial charge on any atom is 0.160 e. The molecule has 0 fully saturated rings. The van der Waals surface area contributed by atoms with E-state index in [9.17, 15) is 0 Å². The van der Waals surface area contributed by atoms with Crippen LogP contribution in [-0.2, 0) is 7.05 Å². The highest BCUT2D eigenvalue weighted by Gasteiger charge is 2.10. The average molecular weight is 337 g/mol. The maximum absolute atomic E-state index is 4.28. The maximum atomic E-state index is 4.28. The topological polar surface area (TPSA) is 56.0 Å². The van der Waals surface area contributed by atoms with Gasteiger partial charge in [-0.05, 0) is 23.9 Å². The molecule has 3 aromatic rings. The molecule has 6 heteroatoms. The summed E-state index contributed by atoms with van der Waals surface area (Å²) in [6.45, 7) is 2.13. The van der Waals surface area contributed by atoms with Gasteiger partial charge in [0.1, 0.15) is 5.69 Å². The molecule has 0 saturated carbocycles. The molecule has 0 atom stereocenters. The first-order valence-corrected chi connectivity index (χ1v) is 8.71. The van der Waals surface area contributed by atoms with Crippen LogP contribution in [0, 0.1) is 0 Å². The molecule has 3 aromatic heterocycles. The predicted octanol–water partition coefficient (Wildman–Crippen LogP) is 4.40. The molecule has 1 aliphatic heterocycles. The number of thiophene rings is 1. The zero-order chi connectivity index (χ0) is 16.8. The third-order valence-corrected chi connectivity index (χ3v) is 4.52. The Morgan fingerprint density at radius 2 is 2.21 bits per heavy atom. The minimum atomic E-state index is 0.848. The molecular weight excluding hydrogens is 318 g/mol. The van der Waals surface area contributed by atoms with Crippen LogP contribution in [0.5, 0.6) is 0 Å². The van der Waals surface area contributed by atoms with Crippen LogP contribution >= 0.6 is 11.3 Å². The molecule has 1 aliphatic rings. The fourth-order valence-corrected chi connectivity index (χ4v) is 3.09. The first-order valence-electron chi connectivity index (χ1n) is 7.83. The Hall–Kier alpha value is -2.60. The Balaban J connectivity index is 0.000000162. The van der Waals surface area contributed by atoms with Gasteiger partial charge in [0.2, 0.25) is 0 Å². The summed E-state index contributed by atoms with van der Waals surface area (Å²) in [7, 11) is 1.95. The molecule has 0 amide bonds. The zero-order valence-electron chi connectivity index (χ0n) is 13.8. The van der Waals surface area contributed by atoms with Crippen LogP contribution in [0.15, 0.2) is 59.5 Å². The van der Waals surface area contributed by atoms with E-state index >= 15 is 0 Å². The van der Waals surface area contributed by atoms with Gasteiger partial charge in [0, 0.05) is 43.2 Å². The lowest BCUT2D eigenvalue weighted by Gasteiger charge is -2.00. The number of allylic oxidation sites excluding steroid dienone is 3. The van der Waals surface area contributed by atoms with Gasteiger partial charge in [0.05, 0.1) is 10.9 Å². The molecule has 0 aromatic carbocycles. The second kappa shape index (κ2) is 7.79. The summed E-state index contributed by atoms with van der Waals surface area (Å²) in [5.41, 5.74) is 2.11. The minimum absolute atomic E-state index is 0.848. The highest BCUT2D eigenvalue weighted by atomic mass is 32.1. The van der Waals surface area contributed by atoms with Crippen molar-refractivity contribution >= 4 is 27.1 Å². The van der Waals surface area contributed by atoms with E-state index in [-0.39, 0.29) is 0 Å². The Bertz CT molecular complexity index is 901. The monoisotopic (exact) mass is 337 g/mol. The van der Waals surface area contributed by atoms with Crippen molar-refractivity contribution in [2.45, 2.75) is 19.8 Å². The van der Waals surface area contributed by atoms with Gasteiger partial charge in [0.15, 0.2) is 5.82 Å². The number of imidazole rings is 1. The van der Waals surface area contributed by atoms with Crippen LogP contribution in [0.1, 0.15) is 19.8 Å². The van der Waals surface area contributed by atoms with Crippen LogP contribution in [0.25, 0.3) is 21.6 Å². The fourth-order valence-electron chi connectivity index (χ4n) is 2.34. The van der Waals surface area contributed by atoms with Crippen molar-refractivity contribution in [3.63, 3.8) is 0 Å². The molecule has 0 saturated heterocycles. The molecule has 0 radical (unpaired) electrons. The van der Waals surface area contributed by atoms with E-state index in [2.05, 4.69) is 39.2 Å². The number of hydrogen-bond acceptors (Lipinski definition) is 5. The van der Waals surface area contributed by atoms with Crippen LogP contribution in [0.4, 0.5) is 0 Å². The second-order valence-corrected chi connectivity index (χ2v) is 6.22. The Morgan fingerprint density at radius 1 is 1.29 bits per heavy atom. The van der Waals surface area contributed by atoms with Crippen molar-refractivity contribution in [2.24, 2.45) is 12.0 Å². The van der Waals surface area contributed by atoms with Gasteiger partial charge in [-0.1, -0.05) is 19.1 Å².